The fourth-order valence-corrected chi connectivity index (χ4v) is 5.46. The molecule has 4 aromatic heterocycles. The van der Waals surface area contributed by atoms with Gasteiger partial charge in [0.2, 0.25) is 11.0 Å². The second-order valence-corrected chi connectivity index (χ2v) is 10.8. The van der Waals surface area contributed by atoms with E-state index in [1.54, 1.807) is 36.7 Å². The minimum atomic E-state index is -0.466. The fraction of sp³-hybridized carbons (Fsp3) is 0.0556. The van der Waals surface area contributed by atoms with Crippen LogP contribution in [-0.2, 0) is 14.1 Å². The molecule has 7 rings (SSSR count). The van der Waals surface area contributed by atoms with Crippen molar-refractivity contribution in [1.82, 2.24) is 20.8 Å². The lowest BCUT2D eigenvalue weighted by Gasteiger charge is -2.07. The number of hydrazone groups is 2. The number of aryl methyl sites for hydroxylation is 2. The van der Waals surface area contributed by atoms with Crippen LogP contribution in [0, 0.1) is 0 Å². The second kappa shape index (κ2) is 11.9. The van der Waals surface area contributed by atoms with Crippen LogP contribution in [0.5, 0.6) is 0 Å². The molecule has 0 atom stereocenters. The number of aromatic nitrogens is 4. The van der Waals surface area contributed by atoms with Gasteiger partial charge in [-0.15, -0.1) is 0 Å². The Kier molecular flexibility index (Phi) is 7.35. The summed E-state index contributed by atoms with van der Waals surface area (Å²) in [5.74, 6) is -0.933. The normalized spacial score (nSPS) is 11.7. The van der Waals surface area contributed by atoms with E-state index in [9.17, 15) is 9.59 Å². The van der Waals surface area contributed by atoms with Crippen LogP contribution in [0.3, 0.4) is 0 Å². The highest BCUT2D eigenvalue weighted by atomic mass is 16.2. The van der Waals surface area contributed by atoms with Gasteiger partial charge in [-0.3, -0.25) is 9.59 Å². The maximum absolute atomic E-state index is 13.0. The molecule has 0 aliphatic heterocycles. The molecule has 10 heteroatoms. The van der Waals surface area contributed by atoms with Gasteiger partial charge in [-0.1, -0.05) is 48.5 Å². The number of carbonyl (C=O) groups excluding carboxylic acids is 2. The quantitative estimate of drug-likeness (QED) is 0.128. The van der Waals surface area contributed by atoms with E-state index in [-0.39, 0.29) is 11.4 Å². The number of nitrogens with zero attached hydrogens (tertiary/aromatic N) is 6. The Hall–Kier alpha value is -6.42. The van der Waals surface area contributed by atoms with Crippen molar-refractivity contribution >= 4 is 67.9 Å². The first kappa shape index (κ1) is 28.4. The highest BCUT2D eigenvalue weighted by Crippen LogP contribution is 2.23. The third-order valence-electron chi connectivity index (χ3n) is 7.87. The van der Waals surface area contributed by atoms with Gasteiger partial charge in [-0.25, -0.2) is 30.0 Å². The zero-order valence-corrected chi connectivity index (χ0v) is 25.0. The van der Waals surface area contributed by atoms with Crippen molar-refractivity contribution in [3.05, 3.63) is 132 Å². The van der Waals surface area contributed by atoms with Crippen LogP contribution >= 0.6 is 0 Å². The number of benzene rings is 3. The van der Waals surface area contributed by atoms with E-state index in [2.05, 4.69) is 31.0 Å². The molecule has 2 amide bonds. The lowest BCUT2D eigenvalue weighted by molar-refractivity contribution is -0.645. The number of nitrogens with one attached hydrogen (secondary N) is 2. The molecule has 0 spiro atoms. The number of fused-ring (bicyclic) bond motifs is 5. The van der Waals surface area contributed by atoms with Gasteiger partial charge in [0, 0.05) is 46.2 Å². The molecule has 2 N–H and O–H groups in total. The third kappa shape index (κ3) is 5.39. The minimum Gasteiger partial charge on any atom is -0.266 e. The molecule has 0 aliphatic rings. The van der Waals surface area contributed by atoms with Crippen molar-refractivity contribution in [3.8, 4) is 0 Å². The number of amides is 2. The maximum atomic E-state index is 13.0. The predicted molar refractivity (Wildman–Crippen MR) is 177 cm³/mol. The van der Waals surface area contributed by atoms with E-state index in [1.165, 1.54) is 0 Å². The molecule has 3 aromatic carbocycles. The van der Waals surface area contributed by atoms with Crippen molar-refractivity contribution < 1.29 is 18.7 Å². The second-order valence-electron chi connectivity index (χ2n) is 10.8. The Morgan fingerprint density at radius 3 is 1.46 bits per heavy atom. The standard InChI is InChI=1S/C36H26N8O2/c1-43-19-17-25(27-7-3-5-9-31(27)43)21-37-41-35(45)29-15-13-23-11-12-24-14-16-30(40-34(24)33(23)39-29)36(46)42-38-22-26-18-20-44(2)32-10-6-4-8-28(26)32/h3-22H,1-2H3/p+2. The number of rotatable bonds is 6. The smallest absolute Gasteiger partial charge is 0.266 e. The van der Waals surface area contributed by atoms with Gasteiger partial charge in [0.1, 0.15) is 25.5 Å². The number of para-hydroxylation sites is 2. The van der Waals surface area contributed by atoms with Gasteiger partial charge >= 0.3 is 0 Å². The van der Waals surface area contributed by atoms with E-state index in [0.717, 1.165) is 43.7 Å². The molecule has 222 valence electrons. The van der Waals surface area contributed by atoms with Crippen LogP contribution in [0.15, 0.2) is 120 Å². The van der Waals surface area contributed by atoms with Gasteiger partial charge in [0.05, 0.1) is 34.2 Å². The molecule has 0 unspecified atom stereocenters. The van der Waals surface area contributed by atoms with E-state index >= 15 is 0 Å². The van der Waals surface area contributed by atoms with Gasteiger partial charge in [0.25, 0.3) is 11.8 Å². The molecule has 0 saturated heterocycles. The zero-order valence-electron chi connectivity index (χ0n) is 25.0. The van der Waals surface area contributed by atoms with Gasteiger partial charge < -0.3 is 0 Å². The molecule has 7 aromatic rings. The highest BCUT2D eigenvalue weighted by molar-refractivity contribution is 6.07. The van der Waals surface area contributed by atoms with E-state index in [4.69, 9.17) is 0 Å². The van der Waals surface area contributed by atoms with Gasteiger partial charge in [-0.05, 0) is 24.3 Å². The summed E-state index contributed by atoms with van der Waals surface area (Å²) < 4.78 is 4.05. The predicted octanol–water partition coefficient (Wildman–Crippen LogP) is 4.27. The summed E-state index contributed by atoms with van der Waals surface area (Å²) in [6, 6.07) is 30.5. The summed E-state index contributed by atoms with van der Waals surface area (Å²) in [5, 5.41) is 12.0. The molecular weight excluding hydrogens is 576 g/mol. The molecule has 0 aliphatic carbocycles. The van der Waals surface area contributed by atoms with Crippen LogP contribution in [0.2, 0.25) is 0 Å². The van der Waals surface area contributed by atoms with Crippen molar-refractivity contribution in [3.63, 3.8) is 0 Å². The van der Waals surface area contributed by atoms with E-state index < -0.39 is 11.8 Å². The van der Waals surface area contributed by atoms with Crippen molar-refractivity contribution in [2.45, 2.75) is 0 Å². The largest absolute Gasteiger partial charge is 0.289 e. The molecule has 4 heterocycles. The van der Waals surface area contributed by atoms with Gasteiger partial charge in [0.15, 0.2) is 12.4 Å². The molecule has 46 heavy (non-hydrogen) atoms. The number of hydrogen-bond donors (Lipinski definition) is 2. The summed E-state index contributed by atoms with van der Waals surface area (Å²) in [4.78, 5) is 35.3. The third-order valence-corrected chi connectivity index (χ3v) is 7.87. The summed E-state index contributed by atoms with van der Waals surface area (Å²) in [6.45, 7) is 0. The van der Waals surface area contributed by atoms with E-state index in [0.29, 0.717) is 11.0 Å². The summed E-state index contributed by atoms with van der Waals surface area (Å²) in [5.41, 5.74) is 10.3. The minimum absolute atomic E-state index is 0.172. The molecular formula is C36H28N8O2+2. The van der Waals surface area contributed by atoms with Crippen LogP contribution in [0.4, 0.5) is 0 Å². The Morgan fingerprint density at radius 2 is 1.00 bits per heavy atom. The molecule has 10 nitrogen and oxygen atoms in total. The Balaban J connectivity index is 1.12. The topological polar surface area (TPSA) is 116 Å². The monoisotopic (exact) mass is 604 g/mol. The Labute approximate surface area is 263 Å². The number of pyridine rings is 4. The number of carbonyl (C=O) groups is 2. The summed E-state index contributed by atoms with van der Waals surface area (Å²) >= 11 is 0. The molecule has 0 radical (unpaired) electrons. The van der Waals surface area contributed by atoms with Gasteiger partial charge in [-0.2, -0.15) is 10.2 Å². The Morgan fingerprint density at radius 1 is 0.587 bits per heavy atom. The summed E-state index contributed by atoms with van der Waals surface area (Å²) in [7, 11) is 3.96. The lowest BCUT2D eigenvalue weighted by atomic mass is 10.1. The fourth-order valence-electron chi connectivity index (χ4n) is 5.46. The lowest BCUT2D eigenvalue weighted by Crippen LogP contribution is -2.28. The average Bonchev–Trinajstić information content (AvgIpc) is 3.10. The van der Waals surface area contributed by atoms with Crippen molar-refractivity contribution in [1.29, 1.82) is 0 Å². The molecule has 0 fully saturated rings. The zero-order chi connectivity index (χ0) is 31.6. The van der Waals surface area contributed by atoms with Crippen molar-refractivity contribution in [2.24, 2.45) is 24.3 Å². The molecule has 0 bridgehead atoms. The van der Waals surface area contributed by atoms with E-state index in [1.807, 2.05) is 108 Å². The molecule has 0 saturated carbocycles. The van der Waals surface area contributed by atoms with Crippen LogP contribution < -0.4 is 20.0 Å². The first-order valence-corrected chi connectivity index (χ1v) is 14.6. The van der Waals surface area contributed by atoms with Crippen LogP contribution in [-0.4, -0.2) is 34.2 Å². The van der Waals surface area contributed by atoms with Crippen molar-refractivity contribution in [2.75, 3.05) is 0 Å². The highest BCUT2D eigenvalue weighted by Gasteiger charge is 2.14. The van der Waals surface area contributed by atoms with Crippen LogP contribution in [0.25, 0.3) is 43.6 Å². The average molecular weight is 605 g/mol. The SMILES string of the molecule is C[n+]1ccc(C=NNC(=O)c2ccc3ccc4ccc(C(=O)NN=Cc5cc[n+](C)c6ccccc56)nc4c3n2)c2ccccc21. The summed E-state index contributed by atoms with van der Waals surface area (Å²) in [6.07, 6.45) is 7.12. The first-order chi connectivity index (χ1) is 22.5. The first-order valence-electron chi connectivity index (χ1n) is 14.6. The maximum Gasteiger partial charge on any atom is 0.289 e. The Bertz CT molecular complexity index is 2230. The van der Waals surface area contributed by atoms with Crippen LogP contribution in [0.1, 0.15) is 32.1 Å². The number of hydrogen-bond acceptors (Lipinski definition) is 6.